The first-order valence-electron chi connectivity index (χ1n) is 6.33. The second-order valence-electron chi connectivity index (χ2n) is 4.73. The minimum atomic E-state index is 0.218. The lowest BCUT2D eigenvalue weighted by atomic mass is 10.3. The maximum Gasteiger partial charge on any atom is 0.236 e. The standard InChI is InChI=1S/C12H25N3O/c1-3-15(9-11-5-6-11)10-12(16)14(2)8-4-7-13/h11H,3-10,13H2,1-2H3. The maximum absolute atomic E-state index is 11.9. The van der Waals surface area contributed by atoms with Crippen molar-refractivity contribution in [3.8, 4) is 0 Å². The molecule has 1 amide bonds. The molecule has 0 saturated heterocycles. The van der Waals surface area contributed by atoms with Crippen LogP contribution in [0.25, 0.3) is 0 Å². The topological polar surface area (TPSA) is 49.6 Å². The van der Waals surface area contributed by atoms with E-state index in [1.54, 1.807) is 4.90 Å². The van der Waals surface area contributed by atoms with Crippen LogP contribution in [-0.4, -0.2) is 55.5 Å². The second-order valence-corrected chi connectivity index (χ2v) is 4.73. The van der Waals surface area contributed by atoms with E-state index in [1.165, 1.54) is 12.8 Å². The van der Waals surface area contributed by atoms with Crippen LogP contribution in [0.4, 0.5) is 0 Å². The van der Waals surface area contributed by atoms with E-state index < -0.39 is 0 Å². The summed E-state index contributed by atoms with van der Waals surface area (Å²) in [5, 5.41) is 0. The van der Waals surface area contributed by atoms with Gasteiger partial charge in [0.2, 0.25) is 5.91 Å². The maximum atomic E-state index is 11.9. The molecule has 1 aliphatic carbocycles. The molecule has 4 heteroatoms. The van der Waals surface area contributed by atoms with Crippen LogP contribution in [0.5, 0.6) is 0 Å². The van der Waals surface area contributed by atoms with Gasteiger partial charge < -0.3 is 10.6 Å². The minimum Gasteiger partial charge on any atom is -0.345 e. The Bertz CT molecular complexity index is 216. The van der Waals surface area contributed by atoms with Gasteiger partial charge in [-0.15, -0.1) is 0 Å². The molecule has 0 unspecified atom stereocenters. The Kier molecular flexibility index (Phi) is 5.77. The van der Waals surface area contributed by atoms with Crippen LogP contribution in [-0.2, 0) is 4.79 Å². The van der Waals surface area contributed by atoms with Gasteiger partial charge in [0.1, 0.15) is 0 Å². The predicted octanol–water partition coefficient (Wildman–Crippen LogP) is 0.526. The van der Waals surface area contributed by atoms with Crippen molar-refractivity contribution >= 4 is 5.91 Å². The molecule has 0 aromatic carbocycles. The lowest BCUT2D eigenvalue weighted by Gasteiger charge is -2.23. The highest BCUT2D eigenvalue weighted by molar-refractivity contribution is 5.77. The third-order valence-electron chi connectivity index (χ3n) is 3.14. The van der Waals surface area contributed by atoms with Gasteiger partial charge in [0.05, 0.1) is 6.54 Å². The summed E-state index contributed by atoms with van der Waals surface area (Å²) in [6.45, 7) is 6.16. The second kappa shape index (κ2) is 6.86. The molecule has 1 saturated carbocycles. The molecule has 1 rings (SSSR count). The molecular weight excluding hydrogens is 202 g/mol. The molecular formula is C12H25N3O. The van der Waals surface area contributed by atoms with Gasteiger partial charge in [0.15, 0.2) is 0 Å². The fourth-order valence-electron chi connectivity index (χ4n) is 1.74. The molecule has 1 fully saturated rings. The molecule has 0 spiro atoms. The molecule has 2 N–H and O–H groups in total. The third kappa shape index (κ3) is 4.94. The number of hydrogen-bond donors (Lipinski definition) is 1. The monoisotopic (exact) mass is 227 g/mol. The van der Waals surface area contributed by atoms with Gasteiger partial charge in [0.25, 0.3) is 0 Å². The molecule has 0 aromatic rings. The normalized spacial score (nSPS) is 15.5. The molecule has 0 atom stereocenters. The van der Waals surface area contributed by atoms with Crippen LogP contribution in [0.15, 0.2) is 0 Å². The van der Waals surface area contributed by atoms with Gasteiger partial charge >= 0.3 is 0 Å². The smallest absolute Gasteiger partial charge is 0.236 e. The Morgan fingerprint density at radius 1 is 1.44 bits per heavy atom. The van der Waals surface area contributed by atoms with E-state index in [9.17, 15) is 4.79 Å². The highest BCUT2D eigenvalue weighted by Crippen LogP contribution is 2.29. The van der Waals surface area contributed by atoms with Crippen molar-refractivity contribution < 1.29 is 4.79 Å². The SMILES string of the molecule is CCN(CC(=O)N(C)CCCN)CC1CC1. The molecule has 94 valence electrons. The van der Waals surface area contributed by atoms with Crippen LogP contribution in [0.2, 0.25) is 0 Å². The summed E-state index contributed by atoms with van der Waals surface area (Å²) in [6, 6.07) is 0. The average molecular weight is 227 g/mol. The molecule has 0 heterocycles. The highest BCUT2D eigenvalue weighted by atomic mass is 16.2. The van der Waals surface area contributed by atoms with Crippen molar-refractivity contribution in [2.45, 2.75) is 26.2 Å². The van der Waals surface area contributed by atoms with E-state index in [-0.39, 0.29) is 5.91 Å². The lowest BCUT2D eigenvalue weighted by molar-refractivity contribution is -0.131. The molecule has 4 nitrogen and oxygen atoms in total. The molecule has 0 radical (unpaired) electrons. The van der Waals surface area contributed by atoms with Crippen molar-refractivity contribution in [3.05, 3.63) is 0 Å². The Labute approximate surface area is 98.8 Å². The average Bonchev–Trinajstić information content (AvgIpc) is 3.08. The van der Waals surface area contributed by atoms with Crippen molar-refractivity contribution in [2.24, 2.45) is 11.7 Å². The number of carbonyl (C=O) groups is 1. The zero-order valence-corrected chi connectivity index (χ0v) is 10.6. The molecule has 0 bridgehead atoms. The van der Waals surface area contributed by atoms with Gasteiger partial charge in [0, 0.05) is 20.1 Å². The van der Waals surface area contributed by atoms with Gasteiger partial charge in [-0.2, -0.15) is 0 Å². The van der Waals surface area contributed by atoms with Crippen LogP contribution < -0.4 is 5.73 Å². The number of amides is 1. The number of likely N-dealkylation sites (N-methyl/N-ethyl adjacent to an activating group) is 2. The van der Waals surface area contributed by atoms with Gasteiger partial charge in [-0.1, -0.05) is 6.92 Å². The largest absolute Gasteiger partial charge is 0.345 e. The van der Waals surface area contributed by atoms with Crippen molar-refractivity contribution in [2.75, 3.05) is 39.8 Å². The summed E-state index contributed by atoms with van der Waals surface area (Å²) in [7, 11) is 1.86. The quantitative estimate of drug-likeness (QED) is 0.658. The zero-order valence-electron chi connectivity index (χ0n) is 10.6. The van der Waals surface area contributed by atoms with Crippen molar-refractivity contribution in [3.63, 3.8) is 0 Å². The van der Waals surface area contributed by atoms with Crippen LogP contribution in [0.3, 0.4) is 0 Å². The predicted molar refractivity (Wildman–Crippen MR) is 66.1 cm³/mol. The molecule has 1 aliphatic rings. The van der Waals surface area contributed by atoms with Crippen LogP contribution in [0.1, 0.15) is 26.2 Å². The van der Waals surface area contributed by atoms with Gasteiger partial charge in [-0.05, 0) is 38.3 Å². The zero-order chi connectivity index (χ0) is 12.0. The Hall–Kier alpha value is -0.610. The summed E-state index contributed by atoms with van der Waals surface area (Å²) in [4.78, 5) is 15.9. The first-order valence-corrected chi connectivity index (χ1v) is 6.33. The summed E-state index contributed by atoms with van der Waals surface area (Å²) in [5.41, 5.74) is 5.43. The first kappa shape index (κ1) is 13.5. The van der Waals surface area contributed by atoms with E-state index in [4.69, 9.17) is 5.73 Å². The number of nitrogens with zero attached hydrogens (tertiary/aromatic N) is 2. The molecule has 0 aliphatic heterocycles. The number of hydrogen-bond acceptors (Lipinski definition) is 3. The fourth-order valence-corrected chi connectivity index (χ4v) is 1.74. The summed E-state index contributed by atoms with van der Waals surface area (Å²) in [6.07, 6.45) is 3.57. The highest BCUT2D eigenvalue weighted by Gasteiger charge is 2.24. The van der Waals surface area contributed by atoms with Crippen molar-refractivity contribution in [1.29, 1.82) is 0 Å². The number of nitrogens with two attached hydrogens (primary N) is 1. The van der Waals surface area contributed by atoms with E-state index in [0.717, 1.165) is 32.0 Å². The minimum absolute atomic E-state index is 0.218. The van der Waals surface area contributed by atoms with E-state index in [2.05, 4.69) is 11.8 Å². The first-order chi connectivity index (χ1) is 7.67. The molecule has 16 heavy (non-hydrogen) atoms. The Morgan fingerprint density at radius 2 is 2.12 bits per heavy atom. The van der Waals surface area contributed by atoms with Crippen molar-refractivity contribution in [1.82, 2.24) is 9.80 Å². The third-order valence-corrected chi connectivity index (χ3v) is 3.14. The Morgan fingerprint density at radius 3 is 2.62 bits per heavy atom. The fraction of sp³-hybridized carbons (Fsp3) is 0.917. The number of rotatable bonds is 8. The van der Waals surface area contributed by atoms with E-state index in [1.807, 2.05) is 7.05 Å². The summed E-state index contributed by atoms with van der Waals surface area (Å²) in [5.74, 6) is 1.07. The van der Waals surface area contributed by atoms with Gasteiger partial charge in [-0.25, -0.2) is 0 Å². The van der Waals surface area contributed by atoms with Gasteiger partial charge in [-0.3, -0.25) is 9.69 Å². The lowest BCUT2D eigenvalue weighted by Crippen LogP contribution is -2.39. The summed E-state index contributed by atoms with van der Waals surface area (Å²) < 4.78 is 0. The van der Waals surface area contributed by atoms with Crippen LogP contribution in [0, 0.1) is 5.92 Å². The Balaban J connectivity index is 2.23. The van der Waals surface area contributed by atoms with Crippen LogP contribution >= 0.6 is 0 Å². The number of carbonyl (C=O) groups excluding carboxylic acids is 1. The van der Waals surface area contributed by atoms with E-state index in [0.29, 0.717) is 13.1 Å². The molecule has 0 aromatic heterocycles. The van der Waals surface area contributed by atoms with E-state index >= 15 is 0 Å². The summed E-state index contributed by atoms with van der Waals surface area (Å²) >= 11 is 0.